The maximum absolute atomic E-state index is 12.6. The molecule has 1 aliphatic rings. The summed E-state index contributed by atoms with van der Waals surface area (Å²) in [6.07, 6.45) is -0.884. The van der Waals surface area contributed by atoms with Gasteiger partial charge >= 0.3 is 6.09 Å². The van der Waals surface area contributed by atoms with Gasteiger partial charge in [-0.15, -0.1) is 5.10 Å². The van der Waals surface area contributed by atoms with Crippen molar-refractivity contribution in [1.82, 2.24) is 15.5 Å². The average Bonchev–Trinajstić information content (AvgIpc) is 3.06. The van der Waals surface area contributed by atoms with Crippen LogP contribution in [0.15, 0.2) is 53.0 Å². The average molecular weight is 534 g/mol. The molecule has 170 valence electrons. The monoisotopic (exact) mass is 532 g/mol. The molecular weight excluding hydrogens is 516 g/mol. The molecule has 1 atom stereocenters. The van der Waals surface area contributed by atoms with E-state index in [0.29, 0.717) is 5.69 Å². The summed E-state index contributed by atoms with van der Waals surface area (Å²) in [5.74, 6) is -0.797. The van der Waals surface area contributed by atoms with Crippen LogP contribution in [0.4, 0.5) is 22.0 Å². The zero-order chi connectivity index (χ0) is 23.5. The molecule has 0 fully saturated rings. The molecule has 3 aromatic rings. The molecule has 0 saturated carbocycles. The summed E-state index contributed by atoms with van der Waals surface area (Å²) in [4.78, 5) is 39.3. The number of halogens is 2. The second-order valence-electron chi connectivity index (χ2n) is 7.13. The normalized spacial score (nSPS) is 15.2. The predicted octanol–water partition coefficient (Wildman–Crippen LogP) is 3.62. The van der Waals surface area contributed by atoms with Crippen molar-refractivity contribution in [2.45, 2.75) is 6.04 Å². The number of ether oxygens (including phenoxy) is 1. The minimum absolute atomic E-state index is 0.118. The van der Waals surface area contributed by atoms with Crippen LogP contribution in [0.5, 0.6) is 5.88 Å². The predicted molar refractivity (Wildman–Crippen MR) is 127 cm³/mol. The lowest BCUT2D eigenvalue weighted by atomic mass is 10.2. The standard InChI is InChI=1S/C21H18BrClN6O4/c1-29-10-14(19(31)24-13-8-4-5-9-15(13)29)25-21(32)33-20-16(22)17(27-28-20)26-18(30)11-6-2-3-7-12(11)23/h2-9,14H,10H2,1H3,(H,24,31)(H,25,32)(H2,26,27,28,30)/t14-/m1/s1. The smallest absolute Gasteiger partial charge is 0.388 e. The first kappa shape index (κ1) is 22.6. The highest BCUT2D eigenvalue weighted by Crippen LogP contribution is 2.31. The number of H-pyrrole nitrogens is 1. The van der Waals surface area contributed by atoms with Gasteiger partial charge in [0, 0.05) is 13.6 Å². The van der Waals surface area contributed by atoms with Crippen molar-refractivity contribution in [2.75, 3.05) is 29.1 Å². The number of hydrogen-bond donors (Lipinski definition) is 4. The number of fused-ring (bicyclic) bond motifs is 1. The fourth-order valence-corrected chi connectivity index (χ4v) is 3.83. The second-order valence-corrected chi connectivity index (χ2v) is 8.33. The van der Waals surface area contributed by atoms with Gasteiger partial charge in [-0.05, 0) is 40.2 Å². The number of rotatable bonds is 4. The van der Waals surface area contributed by atoms with E-state index in [0.717, 1.165) is 5.69 Å². The Labute approximate surface area is 201 Å². The number of nitrogens with one attached hydrogen (secondary N) is 4. The van der Waals surface area contributed by atoms with Crippen LogP contribution in [0, 0.1) is 0 Å². The van der Waals surface area contributed by atoms with Gasteiger partial charge in [0.15, 0.2) is 0 Å². The van der Waals surface area contributed by atoms with Crippen LogP contribution in [-0.2, 0) is 4.79 Å². The maximum atomic E-state index is 12.6. The lowest BCUT2D eigenvalue weighted by Gasteiger charge is -2.21. The number of para-hydroxylation sites is 2. The molecule has 33 heavy (non-hydrogen) atoms. The number of likely N-dealkylation sites (N-methyl/N-ethyl adjacent to an activating group) is 1. The van der Waals surface area contributed by atoms with E-state index in [2.05, 4.69) is 42.1 Å². The molecule has 2 heterocycles. The SMILES string of the molecule is CN1C[C@@H](NC(=O)Oc2n[nH]c(NC(=O)c3ccccc3Cl)c2Br)C(=O)Nc2ccccc21. The molecule has 4 rings (SSSR count). The van der Waals surface area contributed by atoms with Gasteiger partial charge < -0.3 is 25.6 Å². The maximum Gasteiger partial charge on any atom is 0.414 e. The van der Waals surface area contributed by atoms with Crippen molar-refractivity contribution in [1.29, 1.82) is 0 Å². The van der Waals surface area contributed by atoms with E-state index in [1.54, 1.807) is 30.3 Å². The van der Waals surface area contributed by atoms with Crippen molar-refractivity contribution in [3.05, 3.63) is 63.6 Å². The van der Waals surface area contributed by atoms with Gasteiger partial charge in [-0.1, -0.05) is 35.9 Å². The van der Waals surface area contributed by atoms with E-state index in [9.17, 15) is 14.4 Å². The zero-order valence-electron chi connectivity index (χ0n) is 17.2. The van der Waals surface area contributed by atoms with Gasteiger partial charge in [-0.3, -0.25) is 14.7 Å². The van der Waals surface area contributed by atoms with Gasteiger partial charge in [0.2, 0.25) is 5.91 Å². The number of carbonyl (C=O) groups is 3. The Morgan fingerprint density at radius 1 is 1.21 bits per heavy atom. The number of benzene rings is 2. The van der Waals surface area contributed by atoms with Crippen molar-refractivity contribution in [2.24, 2.45) is 0 Å². The van der Waals surface area contributed by atoms with Crippen LogP contribution >= 0.6 is 27.5 Å². The number of aromatic nitrogens is 2. The molecular formula is C21H18BrClN6O4. The first-order valence-corrected chi connectivity index (χ1v) is 10.9. The Morgan fingerprint density at radius 2 is 1.94 bits per heavy atom. The molecule has 0 bridgehead atoms. The summed E-state index contributed by atoms with van der Waals surface area (Å²) in [5.41, 5.74) is 1.75. The summed E-state index contributed by atoms with van der Waals surface area (Å²) in [6.45, 7) is 0.235. The third kappa shape index (κ3) is 4.94. The molecule has 2 aromatic carbocycles. The largest absolute Gasteiger partial charge is 0.414 e. The van der Waals surface area contributed by atoms with Crippen LogP contribution < -0.4 is 25.6 Å². The van der Waals surface area contributed by atoms with Crippen molar-refractivity contribution >= 4 is 62.6 Å². The van der Waals surface area contributed by atoms with Gasteiger partial charge in [-0.25, -0.2) is 4.79 Å². The van der Waals surface area contributed by atoms with E-state index in [-0.39, 0.29) is 39.2 Å². The molecule has 1 aliphatic heterocycles. The highest BCUT2D eigenvalue weighted by atomic mass is 79.9. The van der Waals surface area contributed by atoms with Crippen LogP contribution in [0.2, 0.25) is 5.02 Å². The molecule has 10 nitrogen and oxygen atoms in total. The molecule has 0 spiro atoms. The Morgan fingerprint density at radius 3 is 2.73 bits per heavy atom. The number of anilines is 3. The van der Waals surface area contributed by atoms with E-state index in [4.69, 9.17) is 16.3 Å². The second kappa shape index (κ2) is 9.51. The Kier molecular flexibility index (Phi) is 6.52. The Hall–Kier alpha value is -3.57. The van der Waals surface area contributed by atoms with Crippen molar-refractivity contribution < 1.29 is 19.1 Å². The van der Waals surface area contributed by atoms with Crippen molar-refractivity contribution in [3.63, 3.8) is 0 Å². The minimum atomic E-state index is -0.884. The zero-order valence-corrected chi connectivity index (χ0v) is 19.5. The van der Waals surface area contributed by atoms with E-state index >= 15 is 0 Å². The Balaban J connectivity index is 1.40. The quantitative estimate of drug-likeness (QED) is 0.405. The fraction of sp³-hybridized carbons (Fsp3) is 0.143. The third-order valence-corrected chi connectivity index (χ3v) is 5.93. The number of amides is 3. The first-order chi connectivity index (χ1) is 15.8. The lowest BCUT2D eigenvalue weighted by Crippen LogP contribution is -2.49. The summed E-state index contributed by atoms with van der Waals surface area (Å²) in [5, 5.41) is 14.7. The summed E-state index contributed by atoms with van der Waals surface area (Å²) in [6, 6.07) is 13.0. The number of carbonyl (C=O) groups excluding carboxylic acids is 3. The van der Waals surface area contributed by atoms with Gasteiger partial charge in [0.25, 0.3) is 11.8 Å². The highest BCUT2D eigenvalue weighted by molar-refractivity contribution is 9.10. The van der Waals surface area contributed by atoms with Crippen LogP contribution in [0.25, 0.3) is 0 Å². The van der Waals surface area contributed by atoms with Crippen LogP contribution in [0.1, 0.15) is 10.4 Å². The van der Waals surface area contributed by atoms with Crippen LogP contribution in [-0.4, -0.2) is 47.7 Å². The Bertz CT molecular complexity index is 1230. The summed E-state index contributed by atoms with van der Waals surface area (Å²) >= 11 is 9.29. The highest BCUT2D eigenvalue weighted by Gasteiger charge is 2.29. The third-order valence-electron chi connectivity index (χ3n) is 4.86. The number of nitrogens with zero attached hydrogens (tertiary/aromatic N) is 2. The number of hydrogen-bond acceptors (Lipinski definition) is 6. The molecule has 0 radical (unpaired) electrons. The molecule has 3 amide bonds. The summed E-state index contributed by atoms with van der Waals surface area (Å²) in [7, 11) is 1.82. The van der Waals surface area contributed by atoms with Gasteiger partial charge in [-0.2, -0.15) is 0 Å². The van der Waals surface area contributed by atoms with Crippen LogP contribution in [0.3, 0.4) is 0 Å². The number of aromatic amines is 1. The van der Waals surface area contributed by atoms with Gasteiger partial charge in [0.1, 0.15) is 16.3 Å². The minimum Gasteiger partial charge on any atom is -0.388 e. The first-order valence-electron chi connectivity index (χ1n) is 9.72. The molecule has 0 saturated heterocycles. The molecule has 1 aromatic heterocycles. The van der Waals surface area contributed by atoms with E-state index in [1.807, 2.05) is 30.1 Å². The summed E-state index contributed by atoms with van der Waals surface area (Å²) < 4.78 is 5.44. The van der Waals surface area contributed by atoms with Crippen molar-refractivity contribution in [3.8, 4) is 5.88 Å². The molecule has 4 N–H and O–H groups in total. The topological polar surface area (TPSA) is 128 Å². The van der Waals surface area contributed by atoms with E-state index < -0.39 is 18.0 Å². The molecule has 0 aliphatic carbocycles. The van der Waals surface area contributed by atoms with E-state index in [1.165, 1.54) is 0 Å². The molecule has 12 heteroatoms. The fourth-order valence-electron chi connectivity index (χ4n) is 3.25. The molecule has 0 unspecified atom stereocenters. The van der Waals surface area contributed by atoms with Gasteiger partial charge in [0.05, 0.1) is 22.0 Å². The lowest BCUT2D eigenvalue weighted by molar-refractivity contribution is -0.117.